The summed E-state index contributed by atoms with van der Waals surface area (Å²) in [6.07, 6.45) is 0. The van der Waals surface area contributed by atoms with Crippen molar-refractivity contribution >= 4 is 17.3 Å². The number of nitrogens with one attached hydrogen (secondary N) is 1. The molecule has 0 radical (unpaired) electrons. The van der Waals surface area contributed by atoms with Gasteiger partial charge in [-0.3, -0.25) is 0 Å². The van der Waals surface area contributed by atoms with E-state index in [2.05, 4.69) is 56.3 Å². The molecule has 0 atom stereocenters. The minimum Gasteiger partial charge on any atom is -0.368 e. The van der Waals surface area contributed by atoms with Gasteiger partial charge in [-0.2, -0.15) is 0 Å². The number of rotatable bonds is 5. The number of aryl methyl sites for hydroxylation is 2. The van der Waals surface area contributed by atoms with Crippen LogP contribution in [0.15, 0.2) is 54.6 Å². The van der Waals surface area contributed by atoms with E-state index in [-0.39, 0.29) is 5.82 Å². The molecule has 1 aliphatic rings. The minimum absolute atomic E-state index is 0.199. The fraction of sp³-hybridized carbons (Fsp3) is 0.304. The lowest BCUT2D eigenvalue weighted by molar-refractivity contribution is 0.624. The molecule has 1 aromatic heterocycles. The van der Waals surface area contributed by atoms with Crippen molar-refractivity contribution in [2.75, 3.05) is 41.3 Å². The molecule has 150 valence electrons. The normalized spacial score (nSPS) is 14.2. The van der Waals surface area contributed by atoms with Crippen LogP contribution in [-0.4, -0.2) is 36.1 Å². The molecule has 0 spiro atoms. The zero-order valence-corrected chi connectivity index (χ0v) is 16.9. The highest BCUT2D eigenvalue weighted by Gasteiger charge is 2.19. The molecular formula is C23H26FN5. The summed E-state index contributed by atoms with van der Waals surface area (Å²) >= 11 is 0. The zero-order valence-electron chi connectivity index (χ0n) is 16.9. The highest BCUT2D eigenvalue weighted by atomic mass is 19.1. The molecule has 0 amide bonds. The van der Waals surface area contributed by atoms with Gasteiger partial charge in [0.05, 0.1) is 0 Å². The van der Waals surface area contributed by atoms with Crippen LogP contribution in [0.3, 0.4) is 0 Å². The summed E-state index contributed by atoms with van der Waals surface area (Å²) in [5.41, 5.74) is 3.59. The second-order valence-electron chi connectivity index (χ2n) is 7.39. The van der Waals surface area contributed by atoms with E-state index in [9.17, 15) is 4.39 Å². The molecular weight excluding hydrogens is 365 g/mol. The van der Waals surface area contributed by atoms with Crippen LogP contribution in [0.2, 0.25) is 0 Å². The van der Waals surface area contributed by atoms with Crippen molar-refractivity contribution in [3.63, 3.8) is 0 Å². The molecule has 3 aromatic rings. The Morgan fingerprint density at radius 1 is 0.897 bits per heavy atom. The lowest BCUT2D eigenvalue weighted by Crippen LogP contribution is -2.46. The van der Waals surface area contributed by atoms with Gasteiger partial charge in [0.25, 0.3) is 0 Å². The van der Waals surface area contributed by atoms with Gasteiger partial charge in [0.15, 0.2) is 0 Å². The van der Waals surface area contributed by atoms with Gasteiger partial charge in [0.1, 0.15) is 23.3 Å². The van der Waals surface area contributed by atoms with Crippen molar-refractivity contribution in [3.8, 4) is 0 Å². The largest absolute Gasteiger partial charge is 0.368 e. The van der Waals surface area contributed by atoms with Gasteiger partial charge in [-0.15, -0.1) is 0 Å². The molecule has 1 aliphatic heterocycles. The molecule has 0 unspecified atom stereocenters. The topological polar surface area (TPSA) is 44.3 Å². The predicted molar refractivity (Wildman–Crippen MR) is 116 cm³/mol. The maximum Gasteiger partial charge on any atom is 0.134 e. The van der Waals surface area contributed by atoms with E-state index < -0.39 is 0 Å². The lowest BCUT2D eigenvalue weighted by atomic mass is 10.1. The molecule has 29 heavy (non-hydrogen) atoms. The van der Waals surface area contributed by atoms with E-state index in [1.54, 1.807) is 0 Å². The second kappa shape index (κ2) is 8.47. The quantitative estimate of drug-likeness (QED) is 0.707. The smallest absolute Gasteiger partial charge is 0.134 e. The van der Waals surface area contributed by atoms with Crippen LogP contribution in [0.1, 0.15) is 17.0 Å². The summed E-state index contributed by atoms with van der Waals surface area (Å²) in [6, 6.07) is 17.1. The molecule has 1 N–H and O–H groups in total. The molecule has 4 rings (SSSR count). The number of piperazine rings is 1. The van der Waals surface area contributed by atoms with Crippen molar-refractivity contribution in [1.29, 1.82) is 0 Å². The Hall–Kier alpha value is -3.15. The van der Waals surface area contributed by atoms with Crippen molar-refractivity contribution in [1.82, 2.24) is 9.97 Å². The number of anilines is 3. The standard InChI is InChI=1S/C23H26FN5/c1-17-5-3-4-6-19(17)16-25-22-15-23(27-18(2)26-22)29-13-11-28(12-14-29)21-9-7-20(24)8-10-21/h3-10,15H,11-14,16H2,1-2H3,(H,25,26,27). The van der Waals surface area contributed by atoms with Crippen molar-refractivity contribution in [2.24, 2.45) is 0 Å². The third-order valence-corrected chi connectivity index (χ3v) is 5.34. The summed E-state index contributed by atoms with van der Waals surface area (Å²) < 4.78 is 13.2. The Morgan fingerprint density at radius 3 is 2.31 bits per heavy atom. The fourth-order valence-electron chi connectivity index (χ4n) is 3.64. The van der Waals surface area contributed by atoms with Crippen LogP contribution >= 0.6 is 0 Å². The molecule has 6 heteroatoms. The number of halogens is 1. The third kappa shape index (κ3) is 4.65. The Kier molecular flexibility index (Phi) is 5.60. The number of benzene rings is 2. The summed E-state index contributed by atoms with van der Waals surface area (Å²) in [6.45, 7) is 8.27. The second-order valence-corrected chi connectivity index (χ2v) is 7.39. The monoisotopic (exact) mass is 391 g/mol. The lowest BCUT2D eigenvalue weighted by Gasteiger charge is -2.36. The number of hydrogen-bond donors (Lipinski definition) is 1. The van der Waals surface area contributed by atoms with Crippen LogP contribution in [0.25, 0.3) is 0 Å². The van der Waals surface area contributed by atoms with E-state index in [1.165, 1.54) is 23.3 Å². The fourth-order valence-corrected chi connectivity index (χ4v) is 3.64. The molecule has 2 aromatic carbocycles. The van der Waals surface area contributed by atoms with Gasteiger partial charge in [0.2, 0.25) is 0 Å². The zero-order chi connectivity index (χ0) is 20.2. The molecule has 2 heterocycles. The highest BCUT2D eigenvalue weighted by molar-refractivity contribution is 5.53. The first-order valence-electron chi connectivity index (χ1n) is 9.98. The van der Waals surface area contributed by atoms with Gasteiger partial charge in [0, 0.05) is 44.5 Å². The van der Waals surface area contributed by atoms with E-state index in [0.717, 1.165) is 55.9 Å². The Balaban J connectivity index is 1.41. The van der Waals surface area contributed by atoms with Crippen LogP contribution in [0, 0.1) is 19.7 Å². The summed E-state index contributed by atoms with van der Waals surface area (Å²) in [5.74, 6) is 2.35. The maximum atomic E-state index is 13.2. The maximum absolute atomic E-state index is 13.2. The van der Waals surface area contributed by atoms with Crippen LogP contribution in [0.5, 0.6) is 0 Å². The average Bonchev–Trinajstić information content (AvgIpc) is 2.73. The summed E-state index contributed by atoms with van der Waals surface area (Å²) in [4.78, 5) is 13.8. The van der Waals surface area contributed by atoms with E-state index in [1.807, 2.05) is 25.1 Å². The van der Waals surface area contributed by atoms with E-state index >= 15 is 0 Å². The SMILES string of the molecule is Cc1nc(NCc2ccccc2C)cc(N2CCN(c3ccc(F)cc3)CC2)n1. The summed E-state index contributed by atoms with van der Waals surface area (Å²) in [5, 5.41) is 3.44. The van der Waals surface area contributed by atoms with Gasteiger partial charge < -0.3 is 15.1 Å². The van der Waals surface area contributed by atoms with Gasteiger partial charge in [-0.25, -0.2) is 14.4 Å². The van der Waals surface area contributed by atoms with Crippen LogP contribution < -0.4 is 15.1 Å². The highest BCUT2D eigenvalue weighted by Crippen LogP contribution is 2.22. The van der Waals surface area contributed by atoms with Crippen LogP contribution in [-0.2, 0) is 6.54 Å². The number of nitrogens with zero attached hydrogens (tertiary/aromatic N) is 4. The van der Waals surface area contributed by atoms with E-state index in [0.29, 0.717) is 0 Å². The minimum atomic E-state index is -0.199. The number of aromatic nitrogens is 2. The number of hydrogen-bond acceptors (Lipinski definition) is 5. The Labute approximate surface area is 171 Å². The molecule has 0 bridgehead atoms. The summed E-state index contributed by atoms with van der Waals surface area (Å²) in [7, 11) is 0. The van der Waals surface area contributed by atoms with Gasteiger partial charge in [-0.1, -0.05) is 24.3 Å². The molecule has 1 saturated heterocycles. The van der Waals surface area contributed by atoms with Gasteiger partial charge >= 0.3 is 0 Å². The first kappa shape index (κ1) is 19.2. The van der Waals surface area contributed by atoms with E-state index in [4.69, 9.17) is 0 Å². The van der Waals surface area contributed by atoms with Crippen molar-refractivity contribution in [3.05, 3.63) is 77.4 Å². The van der Waals surface area contributed by atoms with Crippen molar-refractivity contribution in [2.45, 2.75) is 20.4 Å². The van der Waals surface area contributed by atoms with Crippen molar-refractivity contribution < 1.29 is 4.39 Å². The first-order chi connectivity index (χ1) is 14.1. The Bertz CT molecular complexity index is 965. The first-order valence-corrected chi connectivity index (χ1v) is 9.98. The third-order valence-electron chi connectivity index (χ3n) is 5.34. The van der Waals surface area contributed by atoms with Crippen LogP contribution in [0.4, 0.5) is 21.7 Å². The molecule has 0 aliphatic carbocycles. The van der Waals surface area contributed by atoms with Gasteiger partial charge in [-0.05, 0) is 49.2 Å². The molecule has 0 saturated carbocycles. The molecule has 5 nitrogen and oxygen atoms in total. The molecule has 1 fully saturated rings. The average molecular weight is 391 g/mol. The Morgan fingerprint density at radius 2 is 1.59 bits per heavy atom. The predicted octanol–water partition coefficient (Wildman–Crippen LogP) is 4.17.